The first-order valence-electron chi connectivity index (χ1n) is 9.23. The van der Waals surface area contributed by atoms with Crippen LogP contribution in [0, 0.1) is 0 Å². The van der Waals surface area contributed by atoms with Crippen LogP contribution < -0.4 is 10.0 Å². The van der Waals surface area contributed by atoms with Crippen molar-refractivity contribution < 1.29 is 12.8 Å². The smallest absolute Gasteiger partial charge is 0.229 e. The minimum atomic E-state index is -3.37. The molecule has 0 saturated heterocycles. The number of sulfonamides is 1. The zero-order valence-corrected chi connectivity index (χ0v) is 17.8. The summed E-state index contributed by atoms with van der Waals surface area (Å²) in [4.78, 5) is 0. The summed E-state index contributed by atoms with van der Waals surface area (Å²) in [6.45, 7) is 0. The van der Waals surface area contributed by atoms with Gasteiger partial charge in [-0.25, -0.2) is 13.4 Å². The number of nitrogens with one attached hydrogen (secondary N) is 2. The molecule has 1 aliphatic rings. The number of para-hydroxylation sites is 1. The predicted molar refractivity (Wildman–Crippen MR) is 122 cm³/mol. The van der Waals surface area contributed by atoms with Gasteiger partial charge in [0.15, 0.2) is 5.11 Å². The fourth-order valence-electron chi connectivity index (χ4n) is 3.25. The zero-order valence-electron chi connectivity index (χ0n) is 16.1. The van der Waals surface area contributed by atoms with Crippen LogP contribution in [0.5, 0.6) is 0 Å². The SMILES string of the molecule is CS(=O)(=O)Nc1cccc(C2=NN(C(=S)Nc3ccccc3)C(c3ccco3)C2)c1. The van der Waals surface area contributed by atoms with Gasteiger partial charge in [-0.05, 0) is 54.2 Å². The van der Waals surface area contributed by atoms with E-state index in [9.17, 15) is 8.42 Å². The van der Waals surface area contributed by atoms with E-state index in [0.29, 0.717) is 17.2 Å². The van der Waals surface area contributed by atoms with E-state index in [2.05, 4.69) is 10.0 Å². The van der Waals surface area contributed by atoms with E-state index in [1.54, 1.807) is 29.5 Å². The Kier molecular flexibility index (Phi) is 5.56. The summed E-state index contributed by atoms with van der Waals surface area (Å²) in [5.41, 5.74) is 2.94. The van der Waals surface area contributed by atoms with E-state index in [1.807, 2.05) is 48.5 Å². The van der Waals surface area contributed by atoms with E-state index in [0.717, 1.165) is 29.0 Å². The molecule has 0 amide bonds. The minimum absolute atomic E-state index is 0.203. The molecule has 0 bridgehead atoms. The van der Waals surface area contributed by atoms with Gasteiger partial charge in [0.25, 0.3) is 0 Å². The van der Waals surface area contributed by atoms with Gasteiger partial charge in [-0.2, -0.15) is 5.10 Å². The van der Waals surface area contributed by atoms with Crippen molar-refractivity contribution in [2.45, 2.75) is 12.5 Å². The number of benzene rings is 2. The van der Waals surface area contributed by atoms with Crippen molar-refractivity contribution in [2.24, 2.45) is 5.10 Å². The van der Waals surface area contributed by atoms with Crippen LogP contribution in [-0.4, -0.2) is 30.5 Å². The molecular weight excluding hydrogens is 420 g/mol. The van der Waals surface area contributed by atoms with Crippen molar-refractivity contribution >= 4 is 44.4 Å². The van der Waals surface area contributed by atoms with E-state index >= 15 is 0 Å². The standard InChI is InChI=1S/C21H20N4O3S2/c1-30(26,27)24-17-10-5-7-15(13-17)18-14-19(20-11-6-12-28-20)25(23-18)21(29)22-16-8-3-2-4-9-16/h2-13,19,24H,14H2,1H3,(H,22,29). The second-order valence-corrected chi connectivity index (χ2v) is 9.01. The molecule has 0 fully saturated rings. The highest BCUT2D eigenvalue weighted by atomic mass is 32.2. The van der Waals surface area contributed by atoms with Crippen LogP contribution in [0.25, 0.3) is 0 Å². The van der Waals surface area contributed by atoms with Gasteiger partial charge >= 0.3 is 0 Å². The molecule has 2 heterocycles. The molecule has 7 nitrogen and oxygen atoms in total. The van der Waals surface area contributed by atoms with Crippen LogP contribution in [0.3, 0.4) is 0 Å². The van der Waals surface area contributed by atoms with Crippen LogP contribution in [0.4, 0.5) is 11.4 Å². The Morgan fingerprint density at radius 3 is 2.57 bits per heavy atom. The highest BCUT2D eigenvalue weighted by molar-refractivity contribution is 7.92. The molecule has 30 heavy (non-hydrogen) atoms. The molecule has 0 aliphatic carbocycles. The Labute approximate surface area is 180 Å². The third-order valence-corrected chi connectivity index (χ3v) is 5.41. The molecule has 0 spiro atoms. The Morgan fingerprint density at radius 2 is 1.87 bits per heavy atom. The maximum absolute atomic E-state index is 11.6. The van der Waals surface area contributed by atoms with Gasteiger partial charge in [0, 0.05) is 17.8 Å². The number of nitrogens with zero attached hydrogens (tertiary/aromatic N) is 2. The molecule has 0 saturated carbocycles. The monoisotopic (exact) mass is 440 g/mol. The van der Waals surface area contributed by atoms with Crippen LogP contribution in [0.15, 0.2) is 82.5 Å². The van der Waals surface area contributed by atoms with Crippen molar-refractivity contribution in [3.63, 3.8) is 0 Å². The third-order valence-electron chi connectivity index (χ3n) is 4.51. The molecule has 4 rings (SSSR count). The highest BCUT2D eigenvalue weighted by Crippen LogP contribution is 2.34. The van der Waals surface area contributed by atoms with Crippen LogP contribution in [-0.2, 0) is 10.0 Å². The average Bonchev–Trinajstić information content (AvgIpc) is 3.37. The number of hydrogen-bond acceptors (Lipinski definition) is 5. The van der Waals surface area contributed by atoms with Gasteiger partial charge in [-0.15, -0.1) is 0 Å². The Balaban J connectivity index is 1.63. The van der Waals surface area contributed by atoms with Crippen molar-refractivity contribution in [1.82, 2.24) is 5.01 Å². The molecule has 1 aromatic heterocycles. The van der Waals surface area contributed by atoms with Gasteiger partial charge in [-0.3, -0.25) is 4.72 Å². The van der Waals surface area contributed by atoms with E-state index < -0.39 is 10.0 Å². The van der Waals surface area contributed by atoms with E-state index in [1.165, 1.54) is 0 Å². The van der Waals surface area contributed by atoms with Crippen molar-refractivity contribution in [3.05, 3.63) is 84.3 Å². The summed E-state index contributed by atoms with van der Waals surface area (Å²) in [5.74, 6) is 0.747. The summed E-state index contributed by atoms with van der Waals surface area (Å²) >= 11 is 5.62. The first kappa shape index (κ1) is 20.1. The van der Waals surface area contributed by atoms with Crippen LogP contribution in [0.1, 0.15) is 23.8 Å². The summed E-state index contributed by atoms with van der Waals surface area (Å²) in [7, 11) is -3.37. The molecule has 1 atom stereocenters. The lowest BCUT2D eigenvalue weighted by molar-refractivity contribution is 0.318. The quantitative estimate of drug-likeness (QED) is 0.578. The normalized spacial score (nSPS) is 16.2. The second kappa shape index (κ2) is 8.29. The summed E-state index contributed by atoms with van der Waals surface area (Å²) in [5, 5.41) is 10.1. The summed E-state index contributed by atoms with van der Waals surface area (Å²) in [6.07, 6.45) is 3.30. The molecule has 154 valence electrons. The van der Waals surface area contributed by atoms with Gasteiger partial charge < -0.3 is 9.73 Å². The number of thiocarbonyl (C=S) groups is 1. The van der Waals surface area contributed by atoms with Crippen molar-refractivity contribution in [3.8, 4) is 0 Å². The van der Waals surface area contributed by atoms with Gasteiger partial charge in [-0.1, -0.05) is 30.3 Å². The number of hydrogen-bond donors (Lipinski definition) is 2. The Bertz CT molecular complexity index is 1180. The lowest BCUT2D eigenvalue weighted by Crippen LogP contribution is -2.30. The van der Waals surface area contributed by atoms with E-state index in [-0.39, 0.29) is 6.04 Å². The van der Waals surface area contributed by atoms with Crippen LogP contribution in [0.2, 0.25) is 0 Å². The lowest BCUT2D eigenvalue weighted by Gasteiger charge is -2.23. The van der Waals surface area contributed by atoms with Gasteiger partial charge in [0.1, 0.15) is 11.8 Å². The number of furan rings is 1. The summed E-state index contributed by atoms with van der Waals surface area (Å²) in [6, 6.07) is 20.3. The third kappa shape index (κ3) is 4.69. The largest absolute Gasteiger partial charge is 0.467 e. The summed E-state index contributed by atoms with van der Waals surface area (Å²) < 4.78 is 31.3. The molecule has 1 aliphatic heterocycles. The number of hydrazone groups is 1. The highest BCUT2D eigenvalue weighted by Gasteiger charge is 2.33. The van der Waals surface area contributed by atoms with Crippen LogP contribution >= 0.6 is 12.2 Å². The number of anilines is 2. The molecule has 1 unspecified atom stereocenters. The molecule has 2 aromatic carbocycles. The second-order valence-electron chi connectivity index (χ2n) is 6.88. The topological polar surface area (TPSA) is 86.9 Å². The maximum Gasteiger partial charge on any atom is 0.229 e. The molecular formula is C21H20N4O3S2. The maximum atomic E-state index is 11.6. The van der Waals surface area contributed by atoms with Gasteiger partial charge in [0.05, 0.1) is 18.2 Å². The van der Waals surface area contributed by atoms with Gasteiger partial charge in [0.2, 0.25) is 10.0 Å². The number of rotatable bonds is 5. The molecule has 2 N–H and O–H groups in total. The van der Waals surface area contributed by atoms with E-state index in [4.69, 9.17) is 21.7 Å². The first-order valence-corrected chi connectivity index (χ1v) is 11.5. The fourth-order valence-corrected chi connectivity index (χ4v) is 4.09. The Hall–Kier alpha value is -3.17. The lowest BCUT2D eigenvalue weighted by atomic mass is 10.0. The zero-order chi connectivity index (χ0) is 21.1. The molecule has 3 aromatic rings. The van der Waals surface area contributed by atoms with Crippen molar-refractivity contribution in [1.29, 1.82) is 0 Å². The van der Waals surface area contributed by atoms with Crippen molar-refractivity contribution in [2.75, 3.05) is 16.3 Å². The molecule has 9 heteroatoms. The first-order chi connectivity index (χ1) is 14.4. The molecule has 0 radical (unpaired) electrons. The minimum Gasteiger partial charge on any atom is -0.467 e. The average molecular weight is 441 g/mol. The Morgan fingerprint density at radius 1 is 1.10 bits per heavy atom. The predicted octanol–water partition coefficient (Wildman–Crippen LogP) is 4.20. The fraction of sp³-hybridized carbons (Fsp3) is 0.143.